The van der Waals surface area contributed by atoms with Gasteiger partial charge in [0.1, 0.15) is 5.82 Å². The molecule has 4 aliphatic carbocycles. The molecule has 37 heavy (non-hydrogen) atoms. The number of nitrogens with zero attached hydrogens (tertiary/aromatic N) is 2. The zero-order valence-electron chi connectivity index (χ0n) is 20.5. The lowest BCUT2D eigenvalue weighted by molar-refractivity contribution is -0.140. The second-order valence-electron chi connectivity index (χ2n) is 11.2. The first-order chi connectivity index (χ1) is 18.0. The number of fused-ring (bicyclic) bond motifs is 1. The summed E-state index contributed by atoms with van der Waals surface area (Å²) in [4.78, 5) is 37.9. The minimum Gasteiger partial charge on any atom is -0.338 e. The number of H-pyrrole nitrogens is 1. The Hall–Kier alpha value is -4.00. The lowest BCUT2D eigenvalue weighted by atomic mass is 9.49. The number of carbonyl (C=O) groups is 2. The van der Waals surface area contributed by atoms with Gasteiger partial charge in [-0.05, 0) is 111 Å². The number of nitrogens with one attached hydrogen (secondary N) is 3. The average Bonchev–Trinajstić information content (AvgIpc) is 3.32. The van der Waals surface area contributed by atoms with E-state index in [1.54, 1.807) is 18.3 Å². The van der Waals surface area contributed by atoms with Gasteiger partial charge in [0.05, 0.1) is 22.0 Å². The first kappa shape index (κ1) is 22.2. The maximum Gasteiger partial charge on any atom is 0.257 e. The summed E-state index contributed by atoms with van der Waals surface area (Å²) in [5, 5.41) is 6.13. The van der Waals surface area contributed by atoms with E-state index in [2.05, 4.69) is 20.6 Å². The summed E-state index contributed by atoms with van der Waals surface area (Å²) in [6.45, 7) is 0. The Morgan fingerprint density at radius 1 is 0.865 bits per heavy atom. The molecule has 4 fully saturated rings. The molecule has 0 unspecified atom stereocenters. The van der Waals surface area contributed by atoms with Crippen molar-refractivity contribution in [2.24, 2.45) is 23.2 Å². The van der Waals surface area contributed by atoms with Gasteiger partial charge in [-0.15, -0.1) is 0 Å². The van der Waals surface area contributed by atoms with Crippen molar-refractivity contribution in [3.8, 4) is 11.4 Å². The molecule has 0 atom stereocenters. The molecule has 2 aromatic carbocycles. The van der Waals surface area contributed by atoms with Crippen molar-refractivity contribution in [2.75, 3.05) is 10.6 Å². The van der Waals surface area contributed by atoms with Crippen LogP contribution >= 0.6 is 0 Å². The van der Waals surface area contributed by atoms with Crippen LogP contribution in [0.2, 0.25) is 0 Å². The number of hydrogen-bond donors (Lipinski definition) is 3. The first-order valence-electron chi connectivity index (χ1n) is 13.2. The fraction of sp³-hybridized carbons (Fsp3) is 0.333. The fourth-order valence-corrected chi connectivity index (χ4v) is 7.29. The monoisotopic (exact) mass is 491 g/mol. The van der Waals surface area contributed by atoms with Crippen molar-refractivity contribution in [1.82, 2.24) is 15.0 Å². The standard InChI is InChI=1S/C30H29N5O2/c36-28(22-2-1-9-31-17-22)32-24-7-8-25-26(13-24)35-27(34-25)21-3-5-23(6-4-21)33-29(37)30-14-18-10-19(15-30)12-20(11-18)16-30/h1-9,13,17-20H,10-12,14-16H2,(H,32,36)(H,33,37)(H,34,35). The van der Waals surface area contributed by atoms with Crippen LogP contribution in [0, 0.1) is 23.2 Å². The number of hydrogen-bond acceptors (Lipinski definition) is 4. The van der Waals surface area contributed by atoms with E-state index >= 15 is 0 Å². The van der Waals surface area contributed by atoms with E-state index in [0.29, 0.717) is 11.3 Å². The number of amides is 2. The third-order valence-electron chi connectivity index (χ3n) is 8.60. The Kier molecular flexibility index (Phi) is 5.13. The van der Waals surface area contributed by atoms with Crippen molar-refractivity contribution in [3.63, 3.8) is 0 Å². The SMILES string of the molecule is O=C(Nc1ccc2nc(-c3ccc(NC(=O)C45CC6CC(CC(C6)C4)C5)cc3)[nH]c2c1)c1cccnc1. The largest absolute Gasteiger partial charge is 0.338 e. The highest BCUT2D eigenvalue weighted by Gasteiger charge is 2.54. The highest BCUT2D eigenvalue weighted by molar-refractivity contribution is 6.04. The van der Waals surface area contributed by atoms with Gasteiger partial charge in [-0.2, -0.15) is 0 Å². The maximum absolute atomic E-state index is 13.4. The summed E-state index contributed by atoms with van der Waals surface area (Å²) in [6, 6.07) is 16.9. The molecule has 186 valence electrons. The molecular formula is C30H29N5O2. The summed E-state index contributed by atoms with van der Waals surface area (Å²) in [7, 11) is 0. The summed E-state index contributed by atoms with van der Waals surface area (Å²) in [6.07, 6.45) is 10.4. The number of benzene rings is 2. The van der Waals surface area contributed by atoms with Crippen molar-refractivity contribution in [3.05, 3.63) is 72.6 Å². The molecule has 4 saturated carbocycles. The number of aromatic amines is 1. The number of rotatable bonds is 5. The predicted molar refractivity (Wildman–Crippen MR) is 143 cm³/mol. The highest BCUT2D eigenvalue weighted by atomic mass is 16.2. The maximum atomic E-state index is 13.4. The quantitative estimate of drug-likeness (QED) is 0.317. The van der Waals surface area contributed by atoms with Crippen molar-refractivity contribution >= 4 is 34.2 Å². The molecule has 4 bridgehead atoms. The second-order valence-corrected chi connectivity index (χ2v) is 11.2. The first-order valence-corrected chi connectivity index (χ1v) is 13.2. The van der Waals surface area contributed by atoms with E-state index in [4.69, 9.17) is 4.98 Å². The normalized spacial score (nSPS) is 25.8. The lowest BCUT2D eigenvalue weighted by Gasteiger charge is -2.55. The molecule has 0 radical (unpaired) electrons. The third-order valence-corrected chi connectivity index (χ3v) is 8.60. The Bertz CT molecular complexity index is 1460. The topological polar surface area (TPSA) is 99.8 Å². The molecule has 2 amide bonds. The number of anilines is 2. The van der Waals surface area contributed by atoms with Crippen LogP contribution in [0.1, 0.15) is 48.9 Å². The zero-order chi connectivity index (χ0) is 25.0. The minimum atomic E-state index is -0.210. The van der Waals surface area contributed by atoms with Crippen LogP contribution in [0.25, 0.3) is 22.4 Å². The molecule has 7 nitrogen and oxygen atoms in total. The van der Waals surface area contributed by atoms with E-state index < -0.39 is 0 Å². The van der Waals surface area contributed by atoms with Crippen molar-refractivity contribution in [2.45, 2.75) is 38.5 Å². The molecule has 2 aromatic heterocycles. The van der Waals surface area contributed by atoms with Gasteiger partial charge in [0.2, 0.25) is 5.91 Å². The highest BCUT2D eigenvalue weighted by Crippen LogP contribution is 2.60. The van der Waals surface area contributed by atoms with Gasteiger partial charge in [-0.25, -0.2) is 4.98 Å². The number of pyridine rings is 1. The summed E-state index contributed by atoms with van der Waals surface area (Å²) in [5.41, 5.74) is 4.44. The Labute approximate surface area is 215 Å². The van der Waals surface area contributed by atoms with Crippen molar-refractivity contribution in [1.29, 1.82) is 0 Å². The van der Waals surface area contributed by atoms with Crippen LogP contribution in [0.5, 0.6) is 0 Å². The molecule has 8 rings (SSSR count). The Morgan fingerprint density at radius 3 is 2.24 bits per heavy atom. The third kappa shape index (κ3) is 4.08. The number of aromatic nitrogens is 3. The summed E-state index contributed by atoms with van der Waals surface area (Å²) >= 11 is 0. The van der Waals surface area contributed by atoms with E-state index in [9.17, 15) is 9.59 Å². The van der Waals surface area contributed by atoms with Gasteiger partial charge >= 0.3 is 0 Å². The molecule has 0 saturated heterocycles. The summed E-state index contributed by atoms with van der Waals surface area (Å²) < 4.78 is 0. The fourth-order valence-electron chi connectivity index (χ4n) is 7.29. The molecule has 4 aromatic rings. The van der Waals surface area contributed by atoms with Crippen LogP contribution in [0.4, 0.5) is 11.4 Å². The number of carbonyl (C=O) groups excluding carboxylic acids is 2. The Morgan fingerprint density at radius 2 is 1.57 bits per heavy atom. The van der Waals surface area contributed by atoms with Crippen LogP contribution in [0.3, 0.4) is 0 Å². The van der Waals surface area contributed by atoms with Crippen LogP contribution < -0.4 is 10.6 Å². The average molecular weight is 492 g/mol. The molecule has 3 N–H and O–H groups in total. The van der Waals surface area contributed by atoms with Crippen molar-refractivity contribution < 1.29 is 9.59 Å². The van der Waals surface area contributed by atoms with Crippen LogP contribution in [-0.2, 0) is 4.79 Å². The zero-order valence-corrected chi connectivity index (χ0v) is 20.5. The van der Waals surface area contributed by atoms with Gasteiger partial charge in [0.15, 0.2) is 0 Å². The van der Waals surface area contributed by atoms with Gasteiger partial charge in [-0.1, -0.05) is 0 Å². The van der Waals surface area contributed by atoms with Crippen LogP contribution in [-0.4, -0.2) is 26.8 Å². The smallest absolute Gasteiger partial charge is 0.257 e. The van der Waals surface area contributed by atoms with E-state index in [1.165, 1.54) is 25.5 Å². The minimum absolute atomic E-state index is 0.156. The molecule has 2 heterocycles. The molecular weight excluding hydrogens is 462 g/mol. The molecule has 0 aliphatic heterocycles. The van der Waals surface area contributed by atoms with Crippen LogP contribution in [0.15, 0.2) is 67.0 Å². The van der Waals surface area contributed by atoms with E-state index in [1.807, 2.05) is 42.5 Å². The predicted octanol–water partition coefficient (Wildman–Crippen LogP) is 6.03. The molecule has 0 spiro atoms. The van der Waals surface area contributed by atoms with Gasteiger partial charge < -0.3 is 15.6 Å². The van der Waals surface area contributed by atoms with Gasteiger partial charge in [0.25, 0.3) is 5.91 Å². The van der Waals surface area contributed by atoms with E-state index in [-0.39, 0.29) is 17.2 Å². The summed E-state index contributed by atoms with van der Waals surface area (Å²) in [5.74, 6) is 2.98. The van der Waals surface area contributed by atoms with Gasteiger partial charge in [-0.3, -0.25) is 14.6 Å². The van der Waals surface area contributed by atoms with E-state index in [0.717, 1.165) is 65.1 Å². The Balaban J connectivity index is 1.05. The molecule has 7 heteroatoms. The second kappa shape index (κ2) is 8.54. The van der Waals surface area contributed by atoms with Gasteiger partial charge in [0, 0.05) is 29.3 Å². The number of imidazole rings is 1. The molecule has 4 aliphatic rings. The lowest BCUT2D eigenvalue weighted by Crippen LogP contribution is -2.51.